The molecule has 6 nitrogen and oxygen atoms in total. The molecule has 3 rings (SSSR count). The van der Waals surface area contributed by atoms with E-state index in [-0.39, 0.29) is 12.2 Å². The van der Waals surface area contributed by atoms with Crippen LogP contribution < -0.4 is 15.4 Å². The minimum Gasteiger partial charge on any atom is -0.492 e. The van der Waals surface area contributed by atoms with Crippen molar-refractivity contribution in [3.63, 3.8) is 0 Å². The van der Waals surface area contributed by atoms with E-state index in [0.29, 0.717) is 12.3 Å². The lowest BCUT2D eigenvalue weighted by molar-refractivity contribution is -0.00519. The Morgan fingerprint density at radius 1 is 1.29 bits per heavy atom. The largest absolute Gasteiger partial charge is 0.492 e. The average Bonchev–Trinajstić information content (AvgIpc) is 2.94. The number of nitrogens with two attached hydrogens (primary N) is 1. The molecule has 1 aromatic carbocycles. The molecule has 2 aromatic rings. The molecule has 0 amide bonds. The molecule has 0 bridgehead atoms. The highest BCUT2D eigenvalue weighted by Gasteiger charge is 2.25. The first-order valence-electron chi connectivity index (χ1n) is 8.43. The maximum absolute atomic E-state index is 6.21. The first kappa shape index (κ1) is 16.6. The predicted molar refractivity (Wildman–Crippen MR) is 96.4 cm³/mol. The normalized spacial score (nSPS) is 21.1. The van der Waals surface area contributed by atoms with Gasteiger partial charge in [-0.2, -0.15) is 5.10 Å². The van der Waals surface area contributed by atoms with Gasteiger partial charge in [-0.05, 0) is 26.8 Å². The highest BCUT2D eigenvalue weighted by molar-refractivity contribution is 5.83. The van der Waals surface area contributed by atoms with Crippen molar-refractivity contribution in [1.29, 1.82) is 0 Å². The summed E-state index contributed by atoms with van der Waals surface area (Å²) in [5.74, 6) is 0.729. The summed E-state index contributed by atoms with van der Waals surface area (Å²) in [7, 11) is 1.92. The van der Waals surface area contributed by atoms with Gasteiger partial charge in [0.05, 0.1) is 30.7 Å². The van der Waals surface area contributed by atoms with E-state index in [9.17, 15) is 0 Å². The van der Waals surface area contributed by atoms with Gasteiger partial charge < -0.3 is 20.1 Å². The molecule has 1 aromatic heterocycles. The number of aromatic nitrogens is 2. The number of hydrogen-bond acceptors (Lipinski definition) is 5. The molecule has 2 atom stereocenters. The van der Waals surface area contributed by atoms with Gasteiger partial charge in [-0.1, -0.05) is 0 Å². The molecular weight excluding hydrogens is 304 g/mol. The van der Waals surface area contributed by atoms with Crippen LogP contribution in [0.15, 0.2) is 24.5 Å². The second-order valence-corrected chi connectivity index (χ2v) is 6.41. The van der Waals surface area contributed by atoms with E-state index < -0.39 is 0 Å². The van der Waals surface area contributed by atoms with Crippen LogP contribution >= 0.6 is 0 Å². The number of hydrogen-bond donors (Lipinski definition) is 1. The van der Waals surface area contributed by atoms with Crippen LogP contribution in [0, 0.1) is 0 Å². The van der Waals surface area contributed by atoms with Crippen molar-refractivity contribution in [2.24, 2.45) is 7.05 Å². The summed E-state index contributed by atoms with van der Waals surface area (Å²) in [6.07, 6.45) is 4.24. The number of aryl methyl sites for hydroxylation is 1. The Bertz CT molecular complexity index is 703. The Morgan fingerprint density at radius 3 is 2.58 bits per heavy atom. The van der Waals surface area contributed by atoms with Crippen molar-refractivity contribution in [1.82, 2.24) is 9.78 Å². The lowest BCUT2D eigenvalue weighted by Crippen LogP contribution is -2.45. The van der Waals surface area contributed by atoms with Gasteiger partial charge in [-0.15, -0.1) is 0 Å². The molecule has 1 fully saturated rings. The van der Waals surface area contributed by atoms with Gasteiger partial charge in [-0.25, -0.2) is 0 Å². The zero-order chi connectivity index (χ0) is 17.3. The first-order valence-corrected chi connectivity index (χ1v) is 8.43. The van der Waals surface area contributed by atoms with Crippen LogP contribution in [0.2, 0.25) is 0 Å². The number of benzene rings is 1. The fraction of sp³-hybridized carbons (Fsp3) is 0.500. The summed E-state index contributed by atoms with van der Waals surface area (Å²) in [5.41, 5.74) is 10.1. The lowest BCUT2D eigenvalue weighted by atomic mass is 10.0. The van der Waals surface area contributed by atoms with Crippen LogP contribution in [-0.2, 0) is 11.8 Å². The van der Waals surface area contributed by atoms with Crippen molar-refractivity contribution in [3.05, 3.63) is 24.5 Å². The molecule has 0 saturated carbocycles. The number of nitrogen functional groups attached to an aromatic ring is 1. The van der Waals surface area contributed by atoms with Gasteiger partial charge in [0.1, 0.15) is 5.75 Å². The number of ether oxygens (including phenoxy) is 2. The fourth-order valence-electron chi connectivity index (χ4n) is 3.29. The SMILES string of the molecule is CCOc1cc(N2C[C@@H](C)O[C@@H](C)C2)c(-c2cnn(C)c2)cc1N. The molecule has 6 heteroatoms. The number of rotatable bonds is 4. The predicted octanol–water partition coefficient (Wildman–Crippen LogP) is 2.68. The molecule has 0 spiro atoms. The van der Waals surface area contributed by atoms with Gasteiger partial charge in [0.2, 0.25) is 0 Å². The third-order valence-electron chi connectivity index (χ3n) is 4.20. The maximum atomic E-state index is 6.21. The Balaban J connectivity index is 2.08. The van der Waals surface area contributed by atoms with E-state index in [0.717, 1.165) is 35.7 Å². The van der Waals surface area contributed by atoms with Crippen LogP contribution in [0.3, 0.4) is 0 Å². The maximum Gasteiger partial charge on any atom is 0.144 e. The molecule has 0 radical (unpaired) electrons. The standard InChI is InChI=1S/C18H26N4O2/c1-5-23-18-7-17(22-9-12(2)24-13(3)10-22)15(6-16(18)19)14-8-20-21(4)11-14/h6-8,11-13H,5,9-10,19H2,1-4H3/t12-,13+. The Hall–Kier alpha value is -2.21. The van der Waals surface area contributed by atoms with Gasteiger partial charge in [0.15, 0.2) is 0 Å². The second kappa shape index (κ2) is 6.73. The van der Waals surface area contributed by atoms with Crippen LogP contribution in [-0.4, -0.2) is 41.7 Å². The Labute approximate surface area is 143 Å². The first-order chi connectivity index (χ1) is 11.5. The van der Waals surface area contributed by atoms with Crippen LogP contribution in [0.1, 0.15) is 20.8 Å². The van der Waals surface area contributed by atoms with E-state index in [1.807, 2.05) is 38.5 Å². The number of anilines is 2. The molecule has 24 heavy (non-hydrogen) atoms. The van der Waals surface area contributed by atoms with Gasteiger partial charge in [0.25, 0.3) is 0 Å². The fourth-order valence-corrected chi connectivity index (χ4v) is 3.29. The summed E-state index contributed by atoms with van der Waals surface area (Å²) >= 11 is 0. The van der Waals surface area contributed by atoms with Gasteiger partial charge in [0, 0.05) is 49.2 Å². The van der Waals surface area contributed by atoms with Crippen LogP contribution in [0.5, 0.6) is 5.75 Å². The molecular formula is C18H26N4O2. The molecule has 0 unspecified atom stereocenters. The van der Waals surface area contributed by atoms with E-state index in [2.05, 4.69) is 23.8 Å². The smallest absolute Gasteiger partial charge is 0.144 e. The third kappa shape index (κ3) is 3.33. The minimum absolute atomic E-state index is 0.184. The number of morpholine rings is 1. The summed E-state index contributed by atoms with van der Waals surface area (Å²) in [6, 6.07) is 4.04. The third-order valence-corrected chi connectivity index (χ3v) is 4.20. The zero-order valence-corrected chi connectivity index (χ0v) is 14.8. The Kier molecular flexibility index (Phi) is 4.66. The molecule has 1 aliphatic rings. The summed E-state index contributed by atoms with van der Waals surface area (Å²) in [6.45, 7) is 8.44. The molecule has 2 N–H and O–H groups in total. The molecule has 130 valence electrons. The van der Waals surface area contributed by atoms with Gasteiger partial charge in [-0.3, -0.25) is 4.68 Å². The summed E-state index contributed by atoms with van der Waals surface area (Å²) < 4.78 is 13.4. The monoisotopic (exact) mass is 330 g/mol. The molecule has 0 aliphatic carbocycles. The zero-order valence-electron chi connectivity index (χ0n) is 14.8. The van der Waals surface area contributed by atoms with E-state index in [1.165, 1.54) is 0 Å². The van der Waals surface area contributed by atoms with Crippen molar-refractivity contribution in [2.75, 3.05) is 30.3 Å². The second-order valence-electron chi connectivity index (χ2n) is 6.41. The topological polar surface area (TPSA) is 65.5 Å². The molecule has 1 aliphatic heterocycles. The van der Waals surface area contributed by atoms with Crippen molar-refractivity contribution in [2.45, 2.75) is 33.0 Å². The van der Waals surface area contributed by atoms with E-state index >= 15 is 0 Å². The highest BCUT2D eigenvalue weighted by Crippen LogP contribution is 2.39. The van der Waals surface area contributed by atoms with E-state index in [1.54, 1.807) is 4.68 Å². The van der Waals surface area contributed by atoms with Crippen LogP contribution in [0.25, 0.3) is 11.1 Å². The van der Waals surface area contributed by atoms with E-state index in [4.69, 9.17) is 15.2 Å². The minimum atomic E-state index is 0.184. The summed E-state index contributed by atoms with van der Waals surface area (Å²) in [5, 5.41) is 4.30. The molecule has 1 saturated heterocycles. The Morgan fingerprint density at radius 2 is 2.00 bits per heavy atom. The van der Waals surface area contributed by atoms with Crippen molar-refractivity contribution in [3.8, 4) is 16.9 Å². The summed E-state index contributed by atoms with van der Waals surface area (Å²) in [4.78, 5) is 2.35. The van der Waals surface area contributed by atoms with Crippen molar-refractivity contribution >= 4 is 11.4 Å². The highest BCUT2D eigenvalue weighted by atomic mass is 16.5. The average molecular weight is 330 g/mol. The molecule has 2 heterocycles. The lowest BCUT2D eigenvalue weighted by Gasteiger charge is -2.38. The van der Waals surface area contributed by atoms with Gasteiger partial charge >= 0.3 is 0 Å². The van der Waals surface area contributed by atoms with Crippen molar-refractivity contribution < 1.29 is 9.47 Å². The quantitative estimate of drug-likeness (QED) is 0.873. The number of nitrogens with zero attached hydrogens (tertiary/aromatic N) is 3. The van der Waals surface area contributed by atoms with Crippen LogP contribution in [0.4, 0.5) is 11.4 Å².